The van der Waals surface area contributed by atoms with Crippen LogP contribution in [0.1, 0.15) is 46.1 Å². The fraction of sp³-hybridized carbons (Fsp3) is 0.476. The number of hydrogen-bond donors (Lipinski definition) is 1. The molecule has 0 saturated carbocycles. The minimum absolute atomic E-state index is 0.280. The molecule has 0 radical (unpaired) electrons. The first-order valence-electron chi connectivity index (χ1n) is 9.52. The summed E-state index contributed by atoms with van der Waals surface area (Å²) in [5, 5.41) is 0. The van der Waals surface area contributed by atoms with Crippen molar-refractivity contribution in [2.24, 2.45) is 5.41 Å². The number of likely N-dealkylation sites (tertiary alicyclic amines) is 1. The molecule has 1 N–H and O–H groups in total. The van der Waals surface area contributed by atoms with Crippen molar-refractivity contribution in [3.8, 4) is 0 Å². The van der Waals surface area contributed by atoms with Crippen LogP contribution >= 0.6 is 15.9 Å². The van der Waals surface area contributed by atoms with E-state index in [1.165, 1.54) is 30.4 Å². The first-order valence-corrected chi connectivity index (χ1v) is 10.3. The van der Waals surface area contributed by atoms with Gasteiger partial charge < -0.3 is 14.5 Å². The number of hydrogen-bond acceptors (Lipinski definition) is 5. The molecule has 1 saturated heterocycles. The van der Waals surface area contributed by atoms with E-state index in [-0.39, 0.29) is 4.47 Å². The lowest BCUT2D eigenvalue weighted by Crippen LogP contribution is -2.48. The summed E-state index contributed by atoms with van der Waals surface area (Å²) in [7, 11) is 0. The molecular weight excluding hydrogens is 459 g/mol. The zero-order valence-electron chi connectivity index (χ0n) is 17.5. The minimum atomic E-state index is -0.822. The van der Waals surface area contributed by atoms with Gasteiger partial charge in [-0.2, -0.15) is 5.48 Å². The lowest BCUT2D eigenvalue weighted by Gasteiger charge is -2.37. The number of carbonyl (C=O) groups excluding carboxylic acids is 3. The number of carbonyl (C=O) groups is 3. The number of nitrogens with zero attached hydrogens (tertiary/aromatic N) is 1. The van der Waals surface area contributed by atoms with E-state index in [1.807, 2.05) is 0 Å². The topological polar surface area (TPSA) is 84.9 Å². The van der Waals surface area contributed by atoms with Gasteiger partial charge in [-0.25, -0.2) is 14.0 Å². The van der Waals surface area contributed by atoms with Gasteiger partial charge in [0.05, 0.1) is 9.89 Å². The van der Waals surface area contributed by atoms with E-state index < -0.39 is 34.8 Å². The summed E-state index contributed by atoms with van der Waals surface area (Å²) in [6, 6.07) is 4.30. The monoisotopic (exact) mass is 484 g/mol. The molecule has 7 nitrogen and oxygen atoms in total. The summed E-state index contributed by atoms with van der Waals surface area (Å²) >= 11 is 3.07. The molecule has 0 aromatic heterocycles. The van der Waals surface area contributed by atoms with E-state index >= 15 is 0 Å². The quantitative estimate of drug-likeness (QED) is 0.512. The zero-order chi connectivity index (χ0) is 22.5. The molecule has 1 aromatic rings. The van der Waals surface area contributed by atoms with Crippen molar-refractivity contribution in [1.29, 1.82) is 0 Å². The number of ether oxygens (including phenoxy) is 1. The van der Waals surface area contributed by atoms with Gasteiger partial charge in [-0.15, -0.1) is 0 Å². The van der Waals surface area contributed by atoms with Crippen molar-refractivity contribution >= 4 is 40.0 Å². The van der Waals surface area contributed by atoms with Gasteiger partial charge in [0, 0.05) is 19.2 Å². The van der Waals surface area contributed by atoms with Gasteiger partial charge in [-0.1, -0.05) is 6.07 Å². The third kappa shape index (κ3) is 6.83. The zero-order valence-corrected chi connectivity index (χ0v) is 19.0. The fourth-order valence-corrected chi connectivity index (χ4v) is 3.15. The van der Waals surface area contributed by atoms with Gasteiger partial charge in [0.15, 0.2) is 0 Å². The second-order valence-corrected chi connectivity index (χ2v) is 9.25. The van der Waals surface area contributed by atoms with Crippen LogP contribution in [0.15, 0.2) is 28.7 Å². The largest absolute Gasteiger partial charge is 0.444 e. The first-order chi connectivity index (χ1) is 13.9. The Bertz CT molecular complexity index is 842. The van der Waals surface area contributed by atoms with E-state index in [0.29, 0.717) is 31.5 Å². The number of nitrogens with one attached hydrogen (secondary N) is 1. The average Bonchev–Trinajstić information content (AvgIpc) is 2.66. The molecule has 1 heterocycles. The van der Waals surface area contributed by atoms with Crippen LogP contribution in [0.4, 0.5) is 9.18 Å². The Morgan fingerprint density at radius 1 is 1.23 bits per heavy atom. The summed E-state index contributed by atoms with van der Waals surface area (Å²) in [5.74, 6) is -1.60. The Hall–Kier alpha value is -2.42. The van der Waals surface area contributed by atoms with Crippen molar-refractivity contribution in [3.63, 3.8) is 0 Å². The summed E-state index contributed by atoms with van der Waals surface area (Å²) in [6.45, 7) is 7.83. The van der Waals surface area contributed by atoms with Crippen molar-refractivity contribution in [1.82, 2.24) is 10.4 Å². The Balaban J connectivity index is 1.83. The Kier molecular flexibility index (Phi) is 7.63. The third-order valence-corrected chi connectivity index (χ3v) is 5.23. The van der Waals surface area contributed by atoms with Gasteiger partial charge in [-0.3, -0.25) is 4.79 Å². The molecule has 1 fully saturated rings. The van der Waals surface area contributed by atoms with Crippen LogP contribution in [0, 0.1) is 11.2 Å². The van der Waals surface area contributed by atoms with Gasteiger partial charge in [0.25, 0.3) is 5.91 Å². The molecule has 164 valence electrons. The van der Waals surface area contributed by atoms with Crippen molar-refractivity contribution in [2.45, 2.75) is 46.1 Å². The lowest BCUT2D eigenvalue weighted by atomic mass is 9.80. The van der Waals surface area contributed by atoms with Crippen molar-refractivity contribution < 1.29 is 28.3 Å². The van der Waals surface area contributed by atoms with E-state index in [2.05, 4.69) is 21.4 Å². The van der Waals surface area contributed by atoms with Gasteiger partial charge >= 0.3 is 12.1 Å². The van der Waals surface area contributed by atoms with Crippen LogP contribution in [-0.2, 0) is 19.2 Å². The SMILES string of the molecule is CC(C)(C)OC(=O)N1CCC(C)(C(=O)ONC(=O)C=Cc2ccc(F)c(Br)c2)CC1. The summed E-state index contributed by atoms with van der Waals surface area (Å²) in [5.41, 5.74) is 1.30. The number of hydroxylamine groups is 1. The number of rotatable bonds is 3. The van der Waals surface area contributed by atoms with E-state index in [0.717, 1.165) is 0 Å². The maximum atomic E-state index is 13.2. The first kappa shape index (κ1) is 23.9. The molecule has 0 spiro atoms. The molecule has 2 rings (SSSR count). The maximum absolute atomic E-state index is 13.2. The fourth-order valence-electron chi connectivity index (χ4n) is 2.76. The molecule has 0 bridgehead atoms. The maximum Gasteiger partial charge on any atom is 0.410 e. The summed E-state index contributed by atoms with van der Waals surface area (Å²) in [6.07, 6.45) is 3.01. The molecular formula is C21H26BrFN2O5. The standard InChI is InChI=1S/C21H26BrFN2O5/c1-20(2,3)29-19(28)25-11-9-21(4,10-12-25)18(27)30-24-17(26)8-6-14-5-7-16(23)15(22)13-14/h5-8,13H,9-12H2,1-4H3,(H,24,26). The molecule has 0 unspecified atom stereocenters. The molecule has 2 amide bonds. The van der Waals surface area contributed by atoms with Crippen LogP contribution < -0.4 is 5.48 Å². The second-order valence-electron chi connectivity index (χ2n) is 8.39. The van der Waals surface area contributed by atoms with Gasteiger partial charge in [-0.05, 0) is 80.2 Å². The van der Waals surface area contributed by atoms with Crippen LogP contribution in [0.3, 0.4) is 0 Å². The summed E-state index contributed by atoms with van der Waals surface area (Å²) in [4.78, 5) is 43.0. The third-order valence-electron chi connectivity index (χ3n) is 4.63. The molecule has 1 aromatic carbocycles. The number of benzene rings is 1. The highest BCUT2D eigenvalue weighted by Crippen LogP contribution is 2.32. The van der Waals surface area contributed by atoms with Crippen LogP contribution in [0.2, 0.25) is 0 Å². The minimum Gasteiger partial charge on any atom is -0.444 e. The van der Waals surface area contributed by atoms with Crippen molar-refractivity contribution in [3.05, 3.63) is 40.1 Å². The lowest BCUT2D eigenvalue weighted by molar-refractivity contribution is -0.168. The normalized spacial score (nSPS) is 16.3. The van der Waals surface area contributed by atoms with E-state index in [4.69, 9.17) is 9.57 Å². The van der Waals surface area contributed by atoms with Gasteiger partial charge in [0.1, 0.15) is 11.4 Å². The van der Waals surface area contributed by atoms with E-state index in [1.54, 1.807) is 32.6 Å². The van der Waals surface area contributed by atoms with E-state index in [9.17, 15) is 18.8 Å². The Labute approximate surface area is 183 Å². The van der Waals surface area contributed by atoms with Crippen LogP contribution in [-0.4, -0.2) is 41.6 Å². The van der Waals surface area contributed by atoms with Crippen LogP contribution in [0.25, 0.3) is 6.08 Å². The highest BCUT2D eigenvalue weighted by atomic mass is 79.9. The molecule has 9 heteroatoms. The summed E-state index contributed by atoms with van der Waals surface area (Å²) < 4.78 is 18.8. The van der Waals surface area contributed by atoms with Gasteiger partial charge in [0.2, 0.25) is 0 Å². The molecule has 0 aliphatic carbocycles. The van der Waals surface area contributed by atoms with Crippen molar-refractivity contribution in [2.75, 3.05) is 13.1 Å². The number of piperidine rings is 1. The number of amides is 2. The van der Waals surface area contributed by atoms with Crippen LogP contribution in [0.5, 0.6) is 0 Å². The molecule has 1 aliphatic rings. The highest BCUT2D eigenvalue weighted by Gasteiger charge is 2.40. The average molecular weight is 485 g/mol. The Morgan fingerprint density at radius 3 is 2.43 bits per heavy atom. The second kappa shape index (κ2) is 9.59. The predicted octanol–water partition coefficient (Wildman–Crippen LogP) is 4.21. The molecule has 0 atom stereocenters. The molecule has 1 aliphatic heterocycles. The smallest absolute Gasteiger partial charge is 0.410 e. The Morgan fingerprint density at radius 2 is 1.87 bits per heavy atom. The number of halogens is 2. The highest BCUT2D eigenvalue weighted by molar-refractivity contribution is 9.10. The molecule has 30 heavy (non-hydrogen) atoms. The predicted molar refractivity (Wildman–Crippen MR) is 113 cm³/mol.